The number of aromatic nitrogens is 2. The lowest BCUT2D eigenvalue weighted by atomic mass is 10.2. The van der Waals surface area contributed by atoms with Crippen LogP contribution in [0, 0.1) is 6.92 Å². The number of aryl methyl sites for hydroxylation is 1. The third-order valence-electron chi connectivity index (χ3n) is 3.47. The maximum Gasteiger partial charge on any atom is 0.263 e. The van der Waals surface area contributed by atoms with Gasteiger partial charge in [-0.3, -0.25) is 9.12 Å². The van der Waals surface area contributed by atoms with Gasteiger partial charge in [-0.05, 0) is 65.7 Å². The summed E-state index contributed by atoms with van der Waals surface area (Å²) in [5.74, 6) is 1.02. The predicted octanol–water partition coefficient (Wildman–Crippen LogP) is 3.60. The Balaban J connectivity index is 1.97. The molecule has 0 radical (unpaired) electrons. The molecule has 0 unspecified atom stereocenters. The number of nitrogens with zero attached hydrogens (tertiary/aromatic N) is 2. The van der Waals surface area contributed by atoms with E-state index in [1.807, 2.05) is 13.0 Å². The summed E-state index contributed by atoms with van der Waals surface area (Å²) in [6.07, 6.45) is 3.23. The van der Waals surface area contributed by atoms with E-state index in [1.165, 1.54) is 6.20 Å². The van der Waals surface area contributed by atoms with Crippen molar-refractivity contribution >= 4 is 37.4 Å². The Morgan fingerprint density at radius 3 is 2.83 bits per heavy atom. The van der Waals surface area contributed by atoms with Crippen LogP contribution in [-0.2, 0) is 10.0 Å². The molecule has 1 N–H and O–H groups in total. The molecule has 126 valence electrons. The zero-order chi connectivity index (χ0) is 17.3. The van der Waals surface area contributed by atoms with E-state index < -0.39 is 10.0 Å². The monoisotopic (exact) mass is 409 g/mol. The summed E-state index contributed by atoms with van der Waals surface area (Å²) in [4.78, 5) is 4.43. The number of benzene rings is 1. The first kappa shape index (κ1) is 16.8. The van der Waals surface area contributed by atoms with Crippen LogP contribution < -0.4 is 9.46 Å². The van der Waals surface area contributed by atoms with Crippen molar-refractivity contribution < 1.29 is 13.2 Å². The zero-order valence-electron chi connectivity index (χ0n) is 13.2. The molecule has 0 saturated carbocycles. The second-order valence-corrected chi connectivity index (χ2v) is 7.66. The van der Waals surface area contributed by atoms with Gasteiger partial charge in [0.05, 0.1) is 22.2 Å². The second kappa shape index (κ2) is 6.45. The van der Waals surface area contributed by atoms with Crippen molar-refractivity contribution in [2.24, 2.45) is 0 Å². The SMILES string of the molecule is CCOc1ccc(S(=O)(=O)Nc2cnc3c(Br)cccn23)c(C)c1. The highest BCUT2D eigenvalue weighted by molar-refractivity contribution is 9.10. The highest BCUT2D eigenvalue weighted by Crippen LogP contribution is 2.25. The minimum atomic E-state index is -3.73. The molecule has 0 saturated heterocycles. The maximum absolute atomic E-state index is 12.7. The molecule has 2 aromatic heterocycles. The standard InChI is InChI=1S/C16H16BrN3O3S/c1-3-23-12-6-7-14(11(2)9-12)24(21,22)19-15-10-18-16-13(17)5-4-8-20(15)16/h4-10,19H,3H2,1-2H3. The first-order valence-electron chi connectivity index (χ1n) is 7.30. The van der Waals surface area contributed by atoms with Crippen LogP contribution in [0.3, 0.4) is 0 Å². The van der Waals surface area contributed by atoms with Crippen LogP contribution in [0.2, 0.25) is 0 Å². The Kier molecular flexibility index (Phi) is 4.51. The van der Waals surface area contributed by atoms with Gasteiger partial charge in [0.1, 0.15) is 11.6 Å². The van der Waals surface area contributed by atoms with Gasteiger partial charge in [-0.2, -0.15) is 0 Å². The van der Waals surface area contributed by atoms with Gasteiger partial charge in [0.25, 0.3) is 10.0 Å². The summed E-state index contributed by atoms with van der Waals surface area (Å²) < 4.78 is 35.9. The van der Waals surface area contributed by atoms with Crippen molar-refractivity contribution in [3.8, 4) is 5.75 Å². The molecule has 3 aromatic rings. The second-order valence-electron chi connectivity index (χ2n) is 5.16. The molecule has 8 heteroatoms. The molecule has 2 heterocycles. The van der Waals surface area contributed by atoms with E-state index in [0.717, 1.165) is 4.47 Å². The number of rotatable bonds is 5. The normalized spacial score (nSPS) is 11.6. The van der Waals surface area contributed by atoms with Gasteiger partial charge >= 0.3 is 0 Å². The van der Waals surface area contributed by atoms with Gasteiger partial charge in [-0.15, -0.1) is 0 Å². The average molecular weight is 410 g/mol. The number of fused-ring (bicyclic) bond motifs is 1. The highest BCUT2D eigenvalue weighted by Gasteiger charge is 2.19. The maximum atomic E-state index is 12.7. The fourth-order valence-electron chi connectivity index (χ4n) is 2.42. The van der Waals surface area contributed by atoms with Gasteiger partial charge < -0.3 is 4.74 Å². The lowest BCUT2D eigenvalue weighted by Gasteiger charge is -2.11. The van der Waals surface area contributed by atoms with Gasteiger partial charge in [-0.1, -0.05) is 0 Å². The van der Waals surface area contributed by atoms with Crippen LogP contribution >= 0.6 is 15.9 Å². The Morgan fingerprint density at radius 2 is 2.12 bits per heavy atom. The molecule has 1 aromatic carbocycles. The molecule has 0 amide bonds. The van der Waals surface area contributed by atoms with Crippen LogP contribution in [-0.4, -0.2) is 24.4 Å². The van der Waals surface area contributed by atoms with Gasteiger partial charge in [0.2, 0.25) is 0 Å². The molecule has 0 fully saturated rings. The Morgan fingerprint density at radius 1 is 1.33 bits per heavy atom. The van der Waals surface area contributed by atoms with Crippen LogP contribution in [0.4, 0.5) is 5.82 Å². The molecule has 0 aliphatic rings. The summed E-state index contributed by atoms with van der Waals surface area (Å²) in [5.41, 5.74) is 1.25. The highest BCUT2D eigenvalue weighted by atomic mass is 79.9. The number of sulfonamides is 1. The molecule has 3 rings (SSSR count). The van der Waals surface area contributed by atoms with Crippen molar-refractivity contribution in [1.29, 1.82) is 0 Å². The molecule has 0 bridgehead atoms. The lowest BCUT2D eigenvalue weighted by Crippen LogP contribution is -2.15. The molecule has 0 spiro atoms. The molecule has 0 aliphatic carbocycles. The fraction of sp³-hybridized carbons (Fsp3) is 0.188. The van der Waals surface area contributed by atoms with E-state index in [-0.39, 0.29) is 4.90 Å². The molecular weight excluding hydrogens is 394 g/mol. The number of ether oxygens (including phenoxy) is 1. The summed E-state index contributed by atoms with van der Waals surface area (Å²) in [7, 11) is -3.73. The number of halogens is 1. The Labute approximate surface area is 148 Å². The number of imidazole rings is 1. The van der Waals surface area contributed by atoms with E-state index in [1.54, 1.807) is 41.8 Å². The quantitative estimate of drug-likeness (QED) is 0.698. The Hall–Kier alpha value is -2.06. The molecule has 6 nitrogen and oxygen atoms in total. The van der Waals surface area contributed by atoms with E-state index in [4.69, 9.17) is 4.74 Å². The third-order valence-corrected chi connectivity index (χ3v) is 5.61. The van der Waals surface area contributed by atoms with E-state index in [9.17, 15) is 8.42 Å². The van der Waals surface area contributed by atoms with E-state index >= 15 is 0 Å². The first-order chi connectivity index (χ1) is 11.4. The first-order valence-corrected chi connectivity index (χ1v) is 9.58. The smallest absolute Gasteiger partial charge is 0.263 e. The zero-order valence-corrected chi connectivity index (χ0v) is 15.6. The summed E-state index contributed by atoms with van der Waals surface area (Å²) >= 11 is 3.39. The van der Waals surface area contributed by atoms with Crippen molar-refractivity contribution in [3.05, 3.63) is 52.8 Å². The van der Waals surface area contributed by atoms with Crippen molar-refractivity contribution in [1.82, 2.24) is 9.38 Å². The fourth-order valence-corrected chi connectivity index (χ4v) is 4.14. The van der Waals surface area contributed by atoms with Crippen LogP contribution in [0.5, 0.6) is 5.75 Å². The number of nitrogens with one attached hydrogen (secondary N) is 1. The van der Waals surface area contributed by atoms with E-state index in [0.29, 0.717) is 29.4 Å². The van der Waals surface area contributed by atoms with Gasteiger partial charge in [0.15, 0.2) is 5.65 Å². The van der Waals surface area contributed by atoms with Crippen molar-refractivity contribution in [3.63, 3.8) is 0 Å². The molecule has 24 heavy (non-hydrogen) atoms. The van der Waals surface area contributed by atoms with Crippen molar-refractivity contribution in [2.45, 2.75) is 18.7 Å². The average Bonchev–Trinajstić information content (AvgIpc) is 2.91. The molecule has 0 aliphatic heterocycles. The largest absolute Gasteiger partial charge is 0.494 e. The lowest BCUT2D eigenvalue weighted by molar-refractivity contribution is 0.340. The minimum Gasteiger partial charge on any atom is -0.494 e. The van der Waals surface area contributed by atoms with Gasteiger partial charge in [0, 0.05) is 6.20 Å². The summed E-state index contributed by atoms with van der Waals surface area (Å²) in [6, 6.07) is 8.55. The minimum absolute atomic E-state index is 0.205. The number of pyridine rings is 1. The third kappa shape index (κ3) is 3.11. The van der Waals surface area contributed by atoms with E-state index in [2.05, 4.69) is 25.6 Å². The van der Waals surface area contributed by atoms with Crippen molar-refractivity contribution in [2.75, 3.05) is 11.3 Å². The number of hydrogen-bond donors (Lipinski definition) is 1. The summed E-state index contributed by atoms with van der Waals surface area (Å²) in [6.45, 7) is 4.15. The number of anilines is 1. The topological polar surface area (TPSA) is 72.7 Å². The Bertz CT molecular complexity index is 999. The number of hydrogen-bond acceptors (Lipinski definition) is 4. The van der Waals surface area contributed by atoms with Crippen LogP contribution in [0.15, 0.2) is 52.1 Å². The van der Waals surface area contributed by atoms with Crippen LogP contribution in [0.1, 0.15) is 12.5 Å². The van der Waals surface area contributed by atoms with Crippen LogP contribution in [0.25, 0.3) is 5.65 Å². The molecular formula is C16H16BrN3O3S. The summed E-state index contributed by atoms with van der Waals surface area (Å²) in [5, 5.41) is 0. The van der Waals surface area contributed by atoms with Gasteiger partial charge in [-0.25, -0.2) is 13.4 Å². The molecule has 0 atom stereocenters. The predicted molar refractivity (Wildman–Crippen MR) is 96.0 cm³/mol.